The molecule has 0 bridgehead atoms. The molecular formula is C14H15ClN2O. The number of hydrogen-bond acceptors (Lipinski definition) is 2. The van der Waals surface area contributed by atoms with Crippen LogP contribution < -0.4 is 0 Å². The summed E-state index contributed by atoms with van der Waals surface area (Å²) in [5.41, 5.74) is 3.76. The molecule has 1 heterocycles. The highest BCUT2D eigenvalue weighted by Crippen LogP contribution is 2.14. The smallest absolute Gasteiger partial charge is 0.184 e. The standard InChI is InChI=1S/C14H15ClN2O/c1-9-4-5-12(6-10(9)2)14(18)8-17-7-13(15)11(3)16-17/h4-7H,8H2,1-3H3. The molecule has 1 aromatic heterocycles. The number of hydrogen-bond donors (Lipinski definition) is 0. The molecule has 4 heteroatoms. The van der Waals surface area contributed by atoms with E-state index in [9.17, 15) is 4.79 Å². The Labute approximate surface area is 111 Å². The first-order valence-electron chi connectivity index (χ1n) is 5.77. The van der Waals surface area contributed by atoms with Gasteiger partial charge in [0.05, 0.1) is 10.7 Å². The van der Waals surface area contributed by atoms with E-state index < -0.39 is 0 Å². The van der Waals surface area contributed by atoms with E-state index in [-0.39, 0.29) is 12.3 Å². The molecule has 0 atom stereocenters. The number of carbonyl (C=O) groups is 1. The predicted octanol–water partition coefficient (Wildman–Crippen LogP) is 3.34. The lowest BCUT2D eigenvalue weighted by molar-refractivity contribution is 0.0967. The minimum absolute atomic E-state index is 0.0391. The summed E-state index contributed by atoms with van der Waals surface area (Å²) in [6.07, 6.45) is 1.68. The topological polar surface area (TPSA) is 34.9 Å². The highest BCUT2D eigenvalue weighted by Gasteiger charge is 2.10. The second-order valence-electron chi connectivity index (χ2n) is 4.48. The van der Waals surface area contributed by atoms with Gasteiger partial charge in [0, 0.05) is 11.8 Å². The normalized spacial score (nSPS) is 10.7. The maximum absolute atomic E-state index is 12.1. The van der Waals surface area contributed by atoms with Crippen molar-refractivity contribution in [2.45, 2.75) is 27.3 Å². The number of halogens is 1. The minimum Gasteiger partial charge on any atom is -0.292 e. The van der Waals surface area contributed by atoms with Crippen LogP contribution in [-0.4, -0.2) is 15.6 Å². The van der Waals surface area contributed by atoms with Crippen LogP contribution in [0.1, 0.15) is 27.2 Å². The van der Waals surface area contributed by atoms with E-state index in [1.807, 2.05) is 39.0 Å². The first kappa shape index (κ1) is 12.8. The van der Waals surface area contributed by atoms with Gasteiger partial charge in [-0.3, -0.25) is 9.48 Å². The number of aryl methyl sites for hydroxylation is 3. The van der Waals surface area contributed by atoms with Crippen molar-refractivity contribution < 1.29 is 4.79 Å². The lowest BCUT2D eigenvalue weighted by atomic mass is 10.0. The molecular weight excluding hydrogens is 248 g/mol. The summed E-state index contributed by atoms with van der Waals surface area (Å²) in [6, 6.07) is 5.72. The van der Waals surface area contributed by atoms with Crippen LogP contribution in [0.15, 0.2) is 24.4 Å². The average molecular weight is 263 g/mol. The molecule has 0 N–H and O–H groups in total. The summed E-state index contributed by atoms with van der Waals surface area (Å²) in [6.45, 7) is 6.07. The van der Waals surface area contributed by atoms with Crippen LogP contribution in [0.4, 0.5) is 0 Å². The van der Waals surface area contributed by atoms with Crippen molar-refractivity contribution >= 4 is 17.4 Å². The van der Waals surface area contributed by atoms with Gasteiger partial charge in [-0.1, -0.05) is 23.7 Å². The number of aromatic nitrogens is 2. The highest BCUT2D eigenvalue weighted by atomic mass is 35.5. The molecule has 0 amide bonds. The average Bonchev–Trinajstić information content (AvgIpc) is 2.61. The fourth-order valence-electron chi connectivity index (χ4n) is 1.73. The molecule has 0 unspecified atom stereocenters. The van der Waals surface area contributed by atoms with Crippen LogP contribution in [0.25, 0.3) is 0 Å². The fraction of sp³-hybridized carbons (Fsp3) is 0.286. The zero-order chi connectivity index (χ0) is 13.3. The molecule has 0 saturated carbocycles. The third kappa shape index (κ3) is 2.62. The van der Waals surface area contributed by atoms with Crippen molar-refractivity contribution in [3.63, 3.8) is 0 Å². The molecule has 0 saturated heterocycles. The van der Waals surface area contributed by atoms with Crippen molar-refractivity contribution in [2.75, 3.05) is 0 Å². The van der Waals surface area contributed by atoms with Crippen molar-refractivity contribution in [1.29, 1.82) is 0 Å². The summed E-state index contributed by atoms with van der Waals surface area (Å²) < 4.78 is 1.58. The van der Waals surface area contributed by atoms with Gasteiger partial charge < -0.3 is 0 Å². The van der Waals surface area contributed by atoms with Gasteiger partial charge in [0.1, 0.15) is 6.54 Å². The molecule has 0 radical (unpaired) electrons. The van der Waals surface area contributed by atoms with Crippen molar-refractivity contribution in [2.24, 2.45) is 0 Å². The van der Waals surface area contributed by atoms with Crippen LogP contribution in [0, 0.1) is 20.8 Å². The summed E-state index contributed by atoms with van der Waals surface area (Å²) in [5, 5.41) is 4.77. The molecule has 18 heavy (non-hydrogen) atoms. The SMILES string of the molecule is Cc1ccc(C(=O)Cn2cc(Cl)c(C)n2)cc1C. The quantitative estimate of drug-likeness (QED) is 0.795. The molecule has 1 aromatic carbocycles. The zero-order valence-electron chi connectivity index (χ0n) is 10.7. The van der Waals surface area contributed by atoms with E-state index in [0.717, 1.165) is 11.3 Å². The summed E-state index contributed by atoms with van der Waals surface area (Å²) in [7, 11) is 0. The Bertz CT molecular complexity index is 582. The lowest BCUT2D eigenvalue weighted by Gasteiger charge is -2.04. The van der Waals surface area contributed by atoms with Gasteiger partial charge >= 0.3 is 0 Å². The number of carbonyl (C=O) groups excluding carboxylic acids is 1. The van der Waals surface area contributed by atoms with Gasteiger partial charge in [-0.25, -0.2) is 0 Å². The first-order valence-corrected chi connectivity index (χ1v) is 6.15. The molecule has 0 aliphatic carbocycles. The van der Waals surface area contributed by atoms with Gasteiger partial charge in [-0.2, -0.15) is 5.10 Å². The fourth-order valence-corrected chi connectivity index (χ4v) is 1.88. The van der Waals surface area contributed by atoms with Crippen molar-refractivity contribution in [3.05, 3.63) is 51.8 Å². The minimum atomic E-state index is 0.0391. The van der Waals surface area contributed by atoms with Gasteiger partial charge in [0.2, 0.25) is 0 Å². The summed E-state index contributed by atoms with van der Waals surface area (Å²) in [4.78, 5) is 12.1. The van der Waals surface area contributed by atoms with E-state index in [4.69, 9.17) is 11.6 Å². The van der Waals surface area contributed by atoms with Gasteiger partial charge in [0.25, 0.3) is 0 Å². The van der Waals surface area contributed by atoms with Gasteiger partial charge in [-0.15, -0.1) is 0 Å². The second kappa shape index (κ2) is 4.94. The maximum Gasteiger partial charge on any atom is 0.184 e. The molecule has 2 rings (SSSR count). The van der Waals surface area contributed by atoms with Crippen LogP contribution in [0.5, 0.6) is 0 Å². The maximum atomic E-state index is 12.1. The Balaban J connectivity index is 2.19. The molecule has 3 nitrogen and oxygen atoms in total. The van der Waals surface area contributed by atoms with E-state index in [1.54, 1.807) is 10.9 Å². The highest BCUT2D eigenvalue weighted by molar-refractivity contribution is 6.31. The van der Waals surface area contributed by atoms with Crippen molar-refractivity contribution in [1.82, 2.24) is 9.78 Å². The van der Waals surface area contributed by atoms with Gasteiger partial charge in [0.15, 0.2) is 5.78 Å². The van der Waals surface area contributed by atoms with E-state index in [2.05, 4.69) is 5.10 Å². The number of benzene rings is 1. The Hall–Kier alpha value is -1.61. The third-order valence-electron chi connectivity index (χ3n) is 3.02. The Kier molecular flexibility index (Phi) is 3.53. The van der Waals surface area contributed by atoms with Crippen LogP contribution in [-0.2, 0) is 6.54 Å². The second-order valence-corrected chi connectivity index (χ2v) is 4.89. The van der Waals surface area contributed by atoms with E-state index in [0.29, 0.717) is 10.6 Å². The number of Topliss-reactive ketones (excluding diaryl/α,β-unsaturated/α-hetero) is 1. The number of nitrogens with zero attached hydrogens (tertiary/aromatic N) is 2. The number of rotatable bonds is 3. The van der Waals surface area contributed by atoms with E-state index >= 15 is 0 Å². The molecule has 0 aliphatic heterocycles. The predicted molar refractivity (Wildman–Crippen MR) is 72.2 cm³/mol. The third-order valence-corrected chi connectivity index (χ3v) is 3.39. The van der Waals surface area contributed by atoms with Crippen molar-refractivity contribution in [3.8, 4) is 0 Å². The molecule has 94 valence electrons. The Morgan fingerprint density at radius 3 is 2.56 bits per heavy atom. The molecule has 2 aromatic rings. The van der Waals surface area contributed by atoms with Crippen LogP contribution >= 0.6 is 11.6 Å². The van der Waals surface area contributed by atoms with Gasteiger partial charge in [-0.05, 0) is 38.0 Å². The van der Waals surface area contributed by atoms with E-state index in [1.165, 1.54) is 5.56 Å². The molecule has 0 spiro atoms. The largest absolute Gasteiger partial charge is 0.292 e. The summed E-state index contributed by atoms with van der Waals surface area (Å²) in [5.74, 6) is 0.0391. The van der Waals surface area contributed by atoms with Crippen LogP contribution in [0.3, 0.4) is 0 Å². The Morgan fingerprint density at radius 1 is 1.28 bits per heavy atom. The Morgan fingerprint density at radius 2 is 2.00 bits per heavy atom. The number of ketones is 1. The molecule has 0 fully saturated rings. The monoisotopic (exact) mass is 262 g/mol. The molecule has 0 aliphatic rings. The lowest BCUT2D eigenvalue weighted by Crippen LogP contribution is -2.11. The first-order chi connectivity index (χ1) is 8.47. The zero-order valence-corrected chi connectivity index (χ0v) is 11.5. The summed E-state index contributed by atoms with van der Waals surface area (Å²) >= 11 is 5.91. The van der Waals surface area contributed by atoms with Crippen LogP contribution in [0.2, 0.25) is 5.02 Å².